The van der Waals surface area contributed by atoms with Gasteiger partial charge < -0.3 is 9.47 Å². The van der Waals surface area contributed by atoms with Crippen molar-refractivity contribution in [1.82, 2.24) is 4.72 Å². The summed E-state index contributed by atoms with van der Waals surface area (Å²) >= 11 is 3.28. The van der Waals surface area contributed by atoms with Crippen molar-refractivity contribution in [2.75, 3.05) is 7.11 Å². The normalized spacial score (nSPS) is 11.5. The number of rotatable bonds is 7. The molecule has 0 bridgehead atoms. The zero-order valence-electron chi connectivity index (χ0n) is 13.7. The van der Waals surface area contributed by atoms with Crippen LogP contribution < -0.4 is 14.2 Å². The first kappa shape index (κ1) is 18.8. The Morgan fingerprint density at radius 2 is 1.79 bits per heavy atom. The summed E-state index contributed by atoms with van der Waals surface area (Å²) in [4.78, 5) is 0.0964. The molecular weight excluding hydrogens is 394 g/mol. The van der Waals surface area contributed by atoms with Crippen molar-refractivity contribution in [3.63, 3.8) is 0 Å². The zero-order valence-corrected chi connectivity index (χ0v) is 16.1. The van der Waals surface area contributed by atoms with Crippen LogP contribution >= 0.6 is 15.9 Å². The summed E-state index contributed by atoms with van der Waals surface area (Å²) in [6.07, 6.45) is 0.0957. The van der Waals surface area contributed by atoms with Crippen LogP contribution in [0.2, 0.25) is 0 Å². The lowest BCUT2D eigenvalue weighted by molar-refractivity contribution is 0.242. The highest BCUT2D eigenvalue weighted by atomic mass is 79.9. The van der Waals surface area contributed by atoms with Crippen molar-refractivity contribution in [3.05, 3.63) is 52.5 Å². The predicted octanol–water partition coefficient (Wildman–Crippen LogP) is 3.72. The van der Waals surface area contributed by atoms with Gasteiger partial charge in [-0.2, -0.15) is 0 Å². The van der Waals surface area contributed by atoms with Gasteiger partial charge in [0.05, 0.1) is 13.2 Å². The monoisotopic (exact) mass is 413 g/mol. The van der Waals surface area contributed by atoms with Crippen molar-refractivity contribution >= 4 is 26.0 Å². The van der Waals surface area contributed by atoms with E-state index in [1.54, 1.807) is 12.1 Å². The van der Waals surface area contributed by atoms with Crippen LogP contribution in [-0.4, -0.2) is 21.6 Å². The van der Waals surface area contributed by atoms with Crippen molar-refractivity contribution in [2.45, 2.75) is 31.4 Å². The van der Waals surface area contributed by atoms with Crippen molar-refractivity contribution in [3.8, 4) is 11.5 Å². The fourth-order valence-corrected chi connectivity index (χ4v) is 3.80. The molecular formula is C17H20BrNO4S. The van der Waals surface area contributed by atoms with Crippen LogP contribution in [0.4, 0.5) is 0 Å². The van der Waals surface area contributed by atoms with E-state index in [2.05, 4.69) is 20.7 Å². The Morgan fingerprint density at radius 1 is 1.12 bits per heavy atom. The molecule has 0 atom stereocenters. The molecule has 0 radical (unpaired) electrons. The maximum Gasteiger partial charge on any atom is 0.244 e. The van der Waals surface area contributed by atoms with Gasteiger partial charge in [-0.15, -0.1) is 0 Å². The Kier molecular flexibility index (Phi) is 6.26. The van der Waals surface area contributed by atoms with Crippen molar-refractivity contribution in [2.24, 2.45) is 0 Å². The molecule has 0 aliphatic rings. The van der Waals surface area contributed by atoms with Gasteiger partial charge in [-0.1, -0.05) is 28.1 Å². The maximum absolute atomic E-state index is 12.5. The Labute approximate surface area is 151 Å². The molecule has 0 aliphatic heterocycles. The number of hydrogen-bond donors (Lipinski definition) is 1. The Balaban J connectivity index is 2.12. The summed E-state index contributed by atoms with van der Waals surface area (Å²) in [6, 6.07) is 12.2. The second-order valence-electron chi connectivity index (χ2n) is 5.43. The van der Waals surface area contributed by atoms with E-state index in [0.29, 0.717) is 10.2 Å². The molecule has 0 spiro atoms. The number of benzene rings is 2. The Hall–Kier alpha value is -1.57. The highest BCUT2D eigenvalue weighted by molar-refractivity contribution is 9.10. The third-order valence-corrected chi connectivity index (χ3v) is 5.09. The molecule has 7 heteroatoms. The molecule has 0 aliphatic carbocycles. The first-order valence-corrected chi connectivity index (χ1v) is 9.68. The minimum Gasteiger partial charge on any atom is -0.495 e. The molecule has 0 heterocycles. The second-order valence-corrected chi connectivity index (χ2v) is 8.08. The number of hydrogen-bond acceptors (Lipinski definition) is 4. The third-order valence-electron chi connectivity index (χ3n) is 3.18. The SMILES string of the molecule is COc1ccc(Br)cc1S(=O)(=O)NCc1ccc(OC(C)C)cc1. The Bertz CT molecular complexity index is 789. The van der Waals surface area contributed by atoms with E-state index in [1.807, 2.05) is 38.1 Å². The van der Waals surface area contributed by atoms with Gasteiger partial charge in [0.1, 0.15) is 16.4 Å². The molecule has 2 aromatic rings. The molecule has 2 rings (SSSR count). The highest BCUT2D eigenvalue weighted by Crippen LogP contribution is 2.27. The predicted molar refractivity (Wildman–Crippen MR) is 96.9 cm³/mol. The van der Waals surface area contributed by atoms with E-state index in [-0.39, 0.29) is 17.5 Å². The van der Waals surface area contributed by atoms with Gasteiger partial charge in [-0.05, 0) is 49.7 Å². The molecule has 130 valence electrons. The summed E-state index contributed by atoms with van der Waals surface area (Å²) in [5.41, 5.74) is 0.837. The van der Waals surface area contributed by atoms with Crippen LogP contribution in [0.25, 0.3) is 0 Å². The number of methoxy groups -OCH3 is 1. The molecule has 0 fully saturated rings. The van der Waals surface area contributed by atoms with E-state index in [9.17, 15) is 8.42 Å². The Morgan fingerprint density at radius 3 is 2.38 bits per heavy atom. The molecule has 5 nitrogen and oxygen atoms in total. The minimum absolute atomic E-state index is 0.0957. The summed E-state index contributed by atoms with van der Waals surface area (Å²) in [6.45, 7) is 4.08. The standard InChI is InChI=1S/C17H20BrNO4S/c1-12(2)23-15-7-4-13(5-8-15)11-19-24(20,21)17-10-14(18)6-9-16(17)22-3/h4-10,12,19H,11H2,1-3H3. The third kappa shape index (κ3) is 4.96. The lowest BCUT2D eigenvalue weighted by atomic mass is 10.2. The van der Waals surface area contributed by atoms with Gasteiger partial charge in [0, 0.05) is 11.0 Å². The lowest BCUT2D eigenvalue weighted by Crippen LogP contribution is -2.23. The van der Waals surface area contributed by atoms with Gasteiger partial charge in [0.2, 0.25) is 10.0 Å². The van der Waals surface area contributed by atoms with Crippen LogP contribution in [0.3, 0.4) is 0 Å². The van der Waals surface area contributed by atoms with Crippen LogP contribution in [0.5, 0.6) is 11.5 Å². The van der Waals surface area contributed by atoms with E-state index in [0.717, 1.165) is 11.3 Å². The van der Waals surface area contributed by atoms with Crippen LogP contribution in [0.15, 0.2) is 51.8 Å². The zero-order chi connectivity index (χ0) is 17.7. The fraction of sp³-hybridized carbons (Fsp3) is 0.294. The molecule has 1 N–H and O–H groups in total. The van der Waals surface area contributed by atoms with Crippen LogP contribution in [-0.2, 0) is 16.6 Å². The minimum atomic E-state index is -3.69. The molecule has 0 saturated heterocycles. The van der Waals surface area contributed by atoms with Crippen molar-refractivity contribution in [1.29, 1.82) is 0 Å². The average molecular weight is 414 g/mol. The van der Waals surface area contributed by atoms with E-state index < -0.39 is 10.0 Å². The van der Waals surface area contributed by atoms with Crippen molar-refractivity contribution < 1.29 is 17.9 Å². The average Bonchev–Trinajstić information content (AvgIpc) is 2.54. The maximum atomic E-state index is 12.5. The van der Waals surface area contributed by atoms with E-state index in [4.69, 9.17) is 9.47 Å². The van der Waals surface area contributed by atoms with Gasteiger partial charge in [-0.3, -0.25) is 0 Å². The quantitative estimate of drug-likeness (QED) is 0.750. The molecule has 24 heavy (non-hydrogen) atoms. The first-order chi connectivity index (χ1) is 11.3. The highest BCUT2D eigenvalue weighted by Gasteiger charge is 2.19. The molecule has 0 unspecified atom stereocenters. The molecule has 0 saturated carbocycles. The molecule has 0 amide bonds. The van der Waals surface area contributed by atoms with Crippen LogP contribution in [0.1, 0.15) is 19.4 Å². The van der Waals surface area contributed by atoms with E-state index >= 15 is 0 Å². The van der Waals surface area contributed by atoms with Gasteiger partial charge in [0.15, 0.2) is 0 Å². The smallest absolute Gasteiger partial charge is 0.244 e. The van der Waals surface area contributed by atoms with Gasteiger partial charge >= 0.3 is 0 Å². The number of nitrogens with one attached hydrogen (secondary N) is 1. The summed E-state index contributed by atoms with van der Waals surface area (Å²) in [5, 5.41) is 0. The number of ether oxygens (including phenoxy) is 2. The number of sulfonamides is 1. The van der Waals surface area contributed by atoms with Gasteiger partial charge in [-0.25, -0.2) is 13.1 Å². The van der Waals surface area contributed by atoms with E-state index in [1.165, 1.54) is 13.2 Å². The summed E-state index contributed by atoms with van der Waals surface area (Å²) < 4.78 is 39.0. The first-order valence-electron chi connectivity index (χ1n) is 7.40. The largest absolute Gasteiger partial charge is 0.495 e. The second kappa shape index (κ2) is 8.00. The topological polar surface area (TPSA) is 64.6 Å². The summed E-state index contributed by atoms with van der Waals surface area (Å²) in [5.74, 6) is 1.05. The summed E-state index contributed by atoms with van der Waals surface area (Å²) in [7, 11) is -2.25. The van der Waals surface area contributed by atoms with Crippen LogP contribution in [0, 0.1) is 0 Å². The lowest BCUT2D eigenvalue weighted by Gasteiger charge is -2.12. The van der Waals surface area contributed by atoms with Gasteiger partial charge in [0.25, 0.3) is 0 Å². The number of halogens is 1. The molecule has 0 aromatic heterocycles. The molecule has 2 aromatic carbocycles. The fourth-order valence-electron chi connectivity index (χ4n) is 2.07.